The second-order valence-corrected chi connectivity index (χ2v) is 8.13. The lowest BCUT2D eigenvalue weighted by atomic mass is 10.1. The molecule has 2 aromatic carbocycles. The molecule has 1 amide bonds. The van der Waals surface area contributed by atoms with Crippen LogP contribution in [0.2, 0.25) is 0 Å². The highest BCUT2D eigenvalue weighted by molar-refractivity contribution is 7.89. The number of methoxy groups -OCH3 is 1. The summed E-state index contributed by atoms with van der Waals surface area (Å²) in [6.07, 6.45) is 0. The molecule has 2 aromatic rings. The first-order valence-electron chi connectivity index (χ1n) is 8.55. The molecule has 0 fully saturated rings. The second kappa shape index (κ2) is 8.98. The van der Waals surface area contributed by atoms with Gasteiger partial charge in [-0.15, -0.1) is 0 Å². The van der Waals surface area contributed by atoms with Gasteiger partial charge in [0.2, 0.25) is 10.0 Å². The Morgan fingerprint density at radius 1 is 1.22 bits per heavy atom. The van der Waals surface area contributed by atoms with Crippen molar-refractivity contribution in [2.75, 3.05) is 20.7 Å². The van der Waals surface area contributed by atoms with Gasteiger partial charge >= 0.3 is 0 Å². The summed E-state index contributed by atoms with van der Waals surface area (Å²) >= 11 is 0. The third-order valence-electron chi connectivity index (χ3n) is 4.19. The molecular formula is C19H26N3O4S+. The van der Waals surface area contributed by atoms with E-state index < -0.39 is 10.0 Å². The average Bonchev–Trinajstić information content (AvgIpc) is 2.60. The number of sulfonamides is 1. The van der Waals surface area contributed by atoms with Crippen LogP contribution in [0.15, 0.2) is 53.4 Å². The van der Waals surface area contributed by atoms with Gasteiger partial charge in [0, 0.05) is 5.56 Å². The fourth-order valence-electron chi connectivity index (χ4n) is 2.79. The molecule has 2 atom stereocenters. The molecule has 27 heavy (non-hydrogen) atoms. The van der Waals surface area contributed by atoms with E-state index in [1.165, 1.54) is 12.1 Å². The number of carbonyl (C=O) groups is 1. The summed E-state index contributed by atoms with van der Waals surface area (Å²) in [5.74, 6) is 0.708. The maximum absolute atomic E-state index is 12.3. The fraction of sp³-hybridized carbons (Fsp3) is 0.316. The molecule has 1 unspecified atom stereocenters. The van der Waals surface area contributed by atoms with Gasteiger partial charge in [-0.1, -0.05) is 24.3 Å². The van der Waals surface area contributed by atoms with Crippen molar-refractivity contribution in [1.82, 2.24) is 5.32 Å². The van der Waals surface area contributed by atoms with Gasteiger partial charge in [0.1, 0.15) is 12.3 Å². The first-order valence-corrected chi connectivity index (χ1v) is 10.1. The first kappa shape index (κ1) is 20.9. The molecule has 4 N–H and O–H groups in total. The second-order valence-electron chi connectivity index (χ2n) is 6.57. The number of nitrogens with one attached hydrogen (secondary N) is 2. The topological polar surface area (TPSA) is 103 Å². The highest BCUT2D eigenvalue weighted by atomic mass is 32.2. The molecule has 0 saturated carbocycles. The van der Waals surface area contributed by atoms with E-state index in [-0.39, 0.29) is 16.8 Å². The van der Waals surface area contributed by atoms with Crippen molar-refractivity contribution >= 4 is 15.9 Å². The number of rotatable bonds is 8. The lowest BCUT2D eigenvalue weighted by Gasteiger charge is -2.18. The maximum Gasteiger partial charge on any atom is 0.275 e. The van der Waals surface area contributed by atoms with Crippen molar-refractivity contribution < 1.29 is 22.8 Å². The quantitative estimate of drug-likeness (QED) is 0.599. The van der Waals surface area contributed by atoms with E-state index >= 15 is 0 Å². The minimum atomic E-state index is -3.72. The number of ether oxygens (including phenoxy) is 1. The summed E-state index contributed by atoms with van der Waals surface area (Å²) in [7, 11) is -0.145. The van der Waals surface area contributed by atoms with E-state index in [0.29, 0.717) is 13.1 Å². The summed E-state index contributed by atoms with van der Waals surface area (Å²) in [5, 5.41) is 8.02. The summed E-state index contributed by atoms with van der Waals surface area (Å²) in [5.41, 5.74) is 1.90. The predicted octanol–water partition coefficient (Wildman–Crippen LogP) is 0.235. The number of nitrogens with two attached hydrogens (primary N) is 1. The Labute approximate surface area is 160 Å². The molecule has 0 heterocycles. The number of hydrogen-bond acceptors (Lipinski definition) is 4. The van der Waals surface area contributed by atoms with E-state index in [1.54, 1.807) is 19.2 Å². The van der Waals surface area contributed by atoms with Crippen molar-refractivity contribution in [3.63, 3.8) is 0 Å². The molecule has 0 radical (unpaired) electrons. The van der Waals surface area contributed by atoms with E-state index in [9.17, 15) is 13.2 Å². The molecule has 2 rings (SSSR count). The molecular weight excluding hydrogens is 366 g/mol. The number of primary sulfonamides is 1. The number of amides is 1. The van der Waals surface area contributed by atoms with Crippen LogP contribution >= 0.6 is 0 Å². The Kier molecular flexibility index (Phi) is 6.95. The van der Waals surface area contributed by atoms with Crippen LogP contribution in [0.5, 0.6) is 5.75 Å². The fourth-order valence-corrected chi connectivity index (χ4v) is 3.30. The van der Waals surface area contributed by atoms with E-state index in [2.05, 4.69) is 5.32 Å². The number of benzene rings is 2. The monoisotopic (exact) mass is 392 g/mol. The highest BCUT2D eigenvalue weighted by Crippen LogP contribution is 2.15. The van der Waals surface area contributed by atoms with Crippen LogP contribution in [0.3, 0.4) is 0 Å². The van der Waals surface area contributed by atoms with Crippen molar-refractivity contribution in [1.29, 1.82) is 0 Å². The van der Waals surface area contributed by atoms with Crippen LogP contribution in [-0.2, 0) is 21.4 Å². The van der Waals surface area contributed by atoms with Crippen LogP contribution in [0.25, 0.3) is 0 Å². The van der Waals surface area contributed by atoms with Gasteiger partial charge in [-0.05, 0) is 36.8 Å². The van der Waals surface area contributed by atoms with Crippen molar-refractivity contribution in [2.24, 2.45) is 5.14 Å². The van der Waals surface area contributed by atoms with Gasteiger partial charge in [0.05, 0.1) is 25.1 Å². The zero-order valence-corrected chi connectivity index (χ0v) is 16.5. The smallest absolute Gasteiger partial charge is 0.275 e. The molecule has 0 bridgehead atoms. The zero-order chi connectivity index (χ0) is 20.0. The van der Waals surface area contributed by atoms with Gasteiger partial charge in [0.15, 0.2) is 6.54 Å². The first-order chi connectivity index (χ1) is 12.7. The number of quaternary nitrogens is 1. The average molecular weight is 393 g/mol. The third kappa shape index (κ3) is 6.35. The van der Waals surface area contributed by atoms with E-state index in [1.807, 2.05) is 38.2 Å². The Balaban J connectivity index is 1.90. The number of carbonyl (C=O) groups excluding carboxylic acids is 1. The molecule has 146 valence electrons. The standard InChI is InChI=1S/C19H25N3O4S/c1-14(16-7-9-18(10-8-16)27(20,24)25)21-19(23)13-22(2)12-15-5-4-6-17(11-15)26-3/h4-11,14H,12-13H2,1-3H3,(H,21,23)(H2,20,24,25)/p+1/t14-/m0/s1. The normalized spacial score (nSPS) is 13.6. The highest BCUT2D eigenvalue weighted by Gasteiger charge is 2.15. The Bertz CT molecular complexity index is 882. The molecule has 7 nitrogen and oxygen atoms in total. The summed E-state index contributed by atoms with van der Waals surface area (Å²) in [6, 6.07) is 13.7. The Hall–Kier alpha value is -2.42. The minimum Gasteiger partial charge on any atom is -0.497 e. The van der Waals surface area contributed by atoms with Gasteiger partial charge in [-0.3, -0.25) is 4.79 Å². The summed E-state index contributed by atoms with van der Waals surface area (Å²) in [6.45, 7) is 2.86. The zero-order valence-electron chi connectivity index (χ0n) is 15.7. The van der Waals surface area contributed by atoms with Crippen LogP contribution in [-0.4, -0.2) is 35.0 Å². The molecule has 0 saturated heterocycles. The minimum absolute atomic E-state index is 0.0484. The van der Waals surface area contributed by atoms with E-state index in [4.69, 9.17) is 9.88 Å². The van der Waals surface area contributed by atoms with Crippen LogP contribution in [0, 0.1) is 0 Å². The van der Waals surface area contributed by atoms with Gasteiger partial charge in [-0.2, -0.15) is 0 Å². The lowest BCUT2D eigenvalue weighted by Crippen LogP contribution is -3.08. The largest absolute Gasteiger partial charge is 0.497 e. The van der Waals surface area contributed by atoms with Crippen LogP contribution in [0.1, 0.15) is 24.1 Å². The van der Waals surface area contributed by atoms with Crippen LogP contribution < -0.4 is 20.1 Å². The molecule has 0 aromatic heterocycles. The third-order valence-corrected chi connectivity index (χ3v) is 5.12. The summed E-state index contributed by atoms with van der Waals surface area (Å²) < 4.78 is 27.8. The van der Waals surface area contributed by atoms with Crippen molar-refractivity contribution in [2.45, 2.75) is 24.4 Å². The Morgan fingerprint density at radius 3 is 2.48 bits per heavy atom. The molecule has 0 aliphatic rings. The maximum atomic E-state index is 12.3. The van der Waals surface area contributed by atoms with Gasteiger partial charge in [0.25, 0.3) is 5.91 Å². The number of hydrogen-bond donors (Lipinski definition) is 3. The molecule has 0 aliphatic heterocycles. The van der Waals surface area contributed by atoms with Gasteiger partial charge in [-0.25, -0.2) is 13.6 Å². The SMILES string of the molecule is COc1cccc(C[NH+](C)CC(=O)N[C@@H](C)c2ccc(S(N)(=O)=O)cc2)c1. The predicted molar refractivity (Wildman–Crippen MR) is 103 cm³/mol. The van der Waals surface area contributed by atoms with E-state index in [0.717, 1.165) is 21.8 Å². The van der Waals surface area contributed by atoms with Crippen molar-refractivity contribution in [3.8, 4) is 5.75 Å². The molecule has 0 aliphatic carbocycles. The molecule has 0 spiro atoms. The molecule has 8 heteroatoms. The van der Waals surface area contributed by atoms with Crippen molar-refractivity contribution in [3.05, 3.63) is 59.7 Å². The number of likely N-dealkylation sites (N-methyl/N-ethyl adjacent to an activating group) is 1. The lowest BCUT2D eigenvalue weighted by molar-refractivity contribution is -0.885. The van der Waals surface area contributed by atoms with Crippen LogP contribution in [0.4, 0.5) is 0 Å². The summed E-state index contributed by atoms with van der Waals surface area (Å²) in [4.78, 5) is 13.4. The van der Waals surface area contributed by atoms with Gasteiger partial charge < -0.3 is 15.0 Å². The Morgan fingerprint density at radius 2 is 1.89 bits per heavy atom.